The van der Waals surface area contributed by atoms with Gasteiger partial charge in [-0.25, -0.2) is 4.79 Å². The van der Waals surface area contributed by atoms with E-state index in [2.05, 4.69) is 0 Å². The highest BCUT2D eigenvalue weighted by atomic mass is 32.2. The highest BCUT2D eigenvalue weighted by molar-refractivity contribution is 7.85. The van der Waals surface area contributed by atoms with Crippen LogP contribution in [0.15, 0.2) is 24.3 Å². The van der Waals surface area contributed by atoms with Crippen LogP contribution in [0.1, 0.15) is 15.9 Å². The number of amidine groups is 1. The number of hydrogen-bond acceptors (Lipinski definition) is 4. The van der Waals surface area contributed by atoms with Gasteiger partial charge >= 0.3 is 5.97 Å². The second-order valence-electron chi connectivity index (χ2n) is 3.00. The molecule has 7 nitrogen and oxygen atoms in total. The number of nitrogen functional groups attached to an aromatic ring is 1. The molecule has 0 radical (unpaired) electrons. The molecule has 8 heteroatoms. The normalized spacial score (nSPS) is 10.0. The predicted molar refractivity (Wildman–Crippen MR) is 61.9 cm³/mol. The van der Waals surface area contributed by atoms with E-state index in [1.807, 2.05) is 0 Å². The summed E-state index contributed by atoms with van der Waals surface area (Å²) < 4.78 is 25.9. The molecule has 0 aromatic heterocycles. The van der Waals surface area contributed by atoms with Crippen molar-refractivity contribution in [3.8, 4) is 0 Å². The van der Waals surface area contributed by atoms with E-state index in [4.69, 9.17) is 20.8 Å². The van der Waals surface area contributed by atoms with Crippen LogP contribution < -0.4 is 5.73 Å². The fourth-order valence-electron chi connectivity index (χ4n) is 0.904. The van der Waals surface area contributed by atoms with E-state index in [0.29, 0.717) is 6.26 Å². The van der Waals surface area contributed by atoms with Crippen molar-refractivity contribution in [1.82, 2.24) is 0 Å². The molecule has 94 valence electrons. The van der Waals surface area contributed by atoms with Crippen LogP contribution in [0, 0.1) is 5.41 Å². The Balaban J connectivity index is 0.000000437. The Bertz CT molecular complexity index is 483. The summed E-state index contributed by atoms with van der Waals surface area (Å²) >= 11 is 0. The molecule has 1 rings (SSSR count). The fraction of sp³-hybridized carbons (Fsp3) is 0.111. The second-order valence-corrected chi connectivity index (χ2v) is 4.46. The number of benzene rings is 1. The molecule has 0 aliphatic heterocycles. The van der Waals surface area contributed by atoms with Crippen LogP contribution in [0.5, 0.6) is 0 Å². The van der Waals surface area contributed by atoms with Crippen LogP contribution in [-0.4, -0.2) is 36.1 Å². The van der Waals surface area contributed by atoms with Gasteiger partial charge in [-0.2, -0.15) is 8.42 Å². The van der Waals surface area contributed by atoms with Gasteiger partial charge in [0.05, 0.1) is 11.8 Å². The molecule has 0 aliphatic carbocycles. The Hall–Kier alpha value is -1.93. The van der Waals surface area contributed by atoms with Crippen LogP contribution in [0.3, 0.4) is 0 Å². The highest BCUT2D eigenvalue weighted by Crippen LogP contribution is 2.06. The third kappa shape index (κ3) is 7.03. The first-order valence-electron chi connectivity index (χ1n) is 4.22. The first-order valence-corrected chi connectivity index (χ1v) is 6.07. The summed E-state index contributed by atoms with van der Waals surface area (Å²) in [6.07, 6.45) is 0.715. The van der Waals surface area contributed by atoms with E-state index in [1.165, 1.54) is 12.1 Å². The van der Waals surface area contributed by atoms with Gasteiger partial charge in [0.2, 0.25) is 0 Å². The number of nitrogens with one attached hydrogen (secondary N) is 1. The van der Waals surface area contributed by atoms with E-state index < -0.39 is 16.1 Å². The lowest BCUT2D eigenvalue weighted by atomic mass is 10.1. The summed E-state index contributed by atoms with van der Waals surface area (Å²) in [4.78, 5) is 10.6. The summed E-state index contributed by atoms with van der Waals surface area (Å²) in [6, 6.07) is 6.16. The van der Waals surface area contributed by atoms with Crippen LogP contribution in [-0.2, 0) is 10.1 Å². The molecule has 0 amide bonds. The third-order valence-corrected chi connectivity index (χ3v) is 1.45. The van der Waals surface area contributed by atoms with Crippen molar-refractivity contribution in [3.05, 3.63) is 35.4 Å². The highest BCUT2D eigenvalue weighted by Gasteiger charge is 2.09. The van der Waals surface area contributed by atoms with E-state index in [0.717, 1.165) is 0 Å². The smallest absolute Gasteiger partial charge is 0.336 e. The molecule has 1 aromatic carbocycles. The van der Waals surface area contributed by atoms with Crippen molar-refractivity contribution in [3.63, 3.8) is 0 Å². The molecule has 17 heavy (non-hydrogen) atoms. The van der Waals surface area contributed by atoms with Crippen LogP contribution in [0.4, 0.5) is 0 Å². The molecular weight excluding hydrogens is 248 g/mol. The molecule has 1 aromatic rings. The molecule has 0 heterocycles. The Morgan fingerprint density at radius 1 is 1.29 bits per heavy atom. The van der Waals surface area contributed by atoms with Crippen molar-refractivity contribution in [2.24, 2.45) is 5.73 Å². The SMILES string of the molecule is CS(=O)(=O)O.N=C(N)c1ccccc1C(=O)O. The number of carbonyl (C=O) groups is 1. The fourth-order valence-corrected chi connectivity index (χ4v) is 0.904. The summed E-state index contributed by atoms with van der Waals surface area (Å²) in [5.41, 5.74) is 5.49. The molecule has 0 atom stereocenters. The number of nitrogens with two attached hydrogens (primary N) is 1. The van der Waals surface area contributed by atoms with Gasteiger partial charge < -0.3 is 10.8 Å². The maximum atomic E-state index is 10.6. The lowest BCUT2D eigenvalue weighted by molar-refractivity contribution is 0.0696. The zero-order valence-electron chi connectivity index (χ0n) is 8.91. The average Bonchev–Trinajstić information content (AvgIpc) is 2.15. The van der Waals surface area contributed by atoms with Gasteiger partial charge in [-0.1, -0.05) is 18.2 Å². The number of carboxylic acids is 1. The molecule has 0 saturated heterocycles. The first kappa shape index (κ1) is 15.1. The predicted octanol–water partition coefficient (Wildman–Crippen LogP) is 0.173. The summed E-state index contributed by atoms with van der Waals surface area (Å²) in [5, 5.41) is 15.7. The van der Waals surface area contributed by atoms with E-state index in [9.17, 15) is 13.2 Å². The zero-order chi connectivity index (χ0) is 13.6. The maximum Gasteiger partial charge on any atom is 0.336 e. The van der Waals surface area contributed by atoms with E-state index in [1.54, 1.807) is 12.1 Å². The largest absolute Gasteiger partial charge is 0.478 e. The third-order valence-electron chi connectivity index (χ3n) is 1.45. The van der Waals surface area contributed by atoms with Gasteiger partial charge in [0.1, 0.15) is 5.84 Å². The molecule has 5 N–H and O–H groups in total. The van der Waals surface area contributed by atoms with Gasteiger partial charge in [-0.15, -0.1) is 0 Å². The van der Waals surface area contributed by atoms with Crippen LogP contribution in [0.2, 0.25) is 0 Å². The Labute approximate surface area is 98.1 Å². The lowest BCUT2D eigenvalue weighted by Crippen LogP contribution is -2.15. The molecule has 0 saturated carbocycles. The number of rotatable bonds is 2. The summed E-state index contributed by atoms with van der Waals surface area (Å²) in [6.45, 7) is 0. The van der Waals surface area contributed by atoms with E-state index in [-0.39, 0.29) is 17.0 Å². The maximum absolute atomic E-state index is 10.6. The molecule has 0 bridgehead atoms. The molecule has 0 aliphatic rings. The van der Waals surface area contributed by atoms with Crippen molar-refractivity contribution < 1.29 is 22.9 Å². The topological polar surface area (TPSA) is 142 Å². The zero-order valence-corrected chi connectivity index (χ0v) is 9.73. The minimum absolute atomic E-state index is 0.0602. The van der Waals surface area contributed by atoms with Gasteiger partial charge in [-0.3, -0.25) is 9.96 Å². The number of hydrogen-bond donors (Lipinski definition) is 4. The number of aromatic carboxylic acids is 1. The monoisotopic (exact) mass is 260 g/mol. The van der Waals surface area contributed by atoms with Crippen molar-refractivity contribution in [1.29, 1.82) is 5.41 Å². The van der Waals surface area contributed by atoms with E-state index >= 15 is 0 Å². The summed E-state index contributed by atoms with van der Waals surface area (Å²) in [5.74, 6) is -1.30. The van der Waals surface area contributed by atoms with Crippen LogP contribution >= 0.6 is 0 Å². The Kier molecular flexibility index (Phi) is 5.29. The molecule has 0 unspecified atom stereocenters. The van der Waals surface area contributed by atoms with Gasteiger partial charge in [0.25, 0.3) is 10.1 Å². The van der Waals surface area contributed by atoms with Crippen molar-refractivity contribution in [2.75, 3.05) is 6.26 Å². The molecule has 0 spiro atoms. The van der Waals surface area contributed by atoms with Crippen LogP contribution in [0.25, 0.3) is 0 Å². The average molecular weight is 260 g/mol. The second kappa shape index (κ2) is 5.97. The number of carboxylic acid groups (broad SMARTS) is 1. The Morgan fingerprint density at radius 3 is 1.88 bits per heavy atom. The Morgan fingerprint density at radius 2 is 1.65 bits per heavy atom. The minimum Gasteiger partial charge on any atom is -0.478 e. The van der Waals surface area contributed by atoms with Gasteiger partial charge in [0.15, 0.2) is 0 Å². The van der Waals surface area contributed by atoms with Gasteiger partial charge in [0, 0.05) is 5.56 Å². The summed E-state index contributed by atoms with van der Waals surface area (Å²) in [7, 11) is -3.67. The standard InChI is InChI=1S/C8H8N2O2.CH4O3S/c9-7(10)5-3-1-2-4-6(5)8(11)12;1-5(2,3)4/h1-4H,(H3,9,10)(H,11,12);1H3,(H,2,3,4). The minimum atomic E-state index is -3.67. The molecule has 0 fully saturated rings. The van der Waals surface area contributed by atoms with Crippen molar-refractivity contribution >= 4 is 21.9 Å². The quantitative estimate of drug-likeness (QED) is 0.339. The molecular formula is C9H12N2O5S. The van der Waals surface area contributed by atoms with Gasteiger partial charge in [-0.05, 0) is 6.07 Å². The lowest BCUT2D eigenvalue weighted by Gasteiger charge is -2.01. The van der Waals surface area contributed by atoms with Crippen molar-refractivity contribution in [2.45, 2.75) is 0 Å². The first-order chi connectivity index (χ1) is 7.63.